The summed E-state index contributed by atoms with van der Waals surface area (Å²) in [6.45, 7) is 1.63. The lowest BCUT2D eigenvalue weighted by Gasteiger charge is -2.38. The number of rotatable bonds is 3. The molecular formula is C14H20N4O7. The summed E-state index contributed by atoms with van der Waals surface area (Å²) in [7, 11) is 1.45. The van der Waals surface area contributed by atoms with Gasteiger partial charge in [0.05, 0.1) is 12.6 Å². The molecule has 0 aliphatic carbocycles. The van der Waals surface area contributed by atoms with Gasteiger partial charge in [0.1, 0.15) is 24.4 Å². The predicted molar refractivity (Wildman–Crippen MR) is 83.0 cm³/mol. The van der Waals surface area contributed by atoms with E-state index in [1.54, 1.807) is 0 Å². The SMILES string of the molecule is CO[C@@H]1CO[C@H]2[C@@H](O)[C@H](n3cc(C)c(=O)[nH]c3=O)O[C@@H]2[C@@H]1NC(N)=O. The molecule has 2 amide bonds. The molecule has 0 spiro atoms. The Labute approximate surface area is 141 Å². The van der Waals surface area contributed by atoms with Crippen molar-refractivity contribution in [2.45, 2.75) is 43.6 Å². The number of urea groups is 1. The lowest BCUT2D eigenvalue weighted by molar-refractivity contribution is -0.145. The number of aryl methyl sites for hydroxylation is 1. The number of aliphatic hydroxyl groups excluding tert-OH is 1. The summed E-state index contributed by atoms with van der Waals surface area (Å²) in [4.78, 5) is 37.0. The minimum atomic E-state index is -1.19. The van der Waals surface area contributed by atoms with E-state index < -0.39 is 54.0 Å². The molecule has 2 saturated heterocycles. The second-order valence-corrected chi connectivity index (χ2v) is 6.07. The number of aromatic nitrogens is 2. The molecular weight excluding hydrogens is 336 g/mol. The van der Waals surface area contributed by atoms with E-state index in [0.29, 0.717) is 0 Å². The molecule has 6 atom stereocenters. The highest BCUT2D eigenvalue weighted by atomic mass is 16.6. The number of nitrogens with two attached hydrogens (primary N) is 1. The summed E-state index contributed by atoms with van der Waals surface area (Å²) in [5.74, 6) is 0. The fraction of sp³-hybridized carbons (Fsp3) is 0.643. The van der Waals surface area contributed by atoms with Gasteiger partial charge in [-0.25, -0.2) is 9.59 Å². The van der Waals surface area contributed by atoms with Crippen molar-refractivity contribution in [1.82, 2.24) is 14.9 Å². The average Bonchev–Trinajstić information content (AvgIpc) is 2.88. The smallest absolute Gasteiger partial charge is 0.330 e. The van der Waals surface area contributed by atoms with E-state index in [1.807, 2.05) is 0 Å². The quantitative estimate of drug-likeness (QED) is 0.468. The van der Waals surface area contributed by atoms with Crippen molar-refractivity contribution in [1.29, 1.82) is 0 Å². The van der Waals surface area contributed by atoms with E-state index in [9.17, 15) is 19.5 Å². The van der Waals surface area contributed by atoms with E-state index in [2.05, 4.69) is 10.3 Å². The molecule has 25 heavy (non-hydrogen) atoms. The lowest BCUT2D eigenvalue weighted by Crippen LogP contribution is -2.62. The van der Waals surface area contributed by atoms with Gasteiger partial charge < -0.3 is 30.4 Å². The highest BCUT2D eigenvalue weighted by Gasteiger charge is 2.54. The normalized spacial score (nSPS) is 34.5. The zero-order valence-corrected chi connectivity index (χ0v) is 13.7. The number of nitrogens with one attached hydrogen (secondary N) is 2. The molecule has 1 aromatic rings. The summed E-state index contributed by atoms with van der Waals surface area (Å²) in [6.07, 6.45) is -3.10. The van der Waals surface area contributed by atoms with E-state index in [1.165, 1.54) is 20.2 Å². The van der Waals surface area contributed by atoms with Gasteiger partial charge >= 0.3 is 11.7 Å². The van der Waals surface area contributed by atoms with Gasteiger partial charge in [0.25, 0.3) is 5.56 Å². The first-order valence-electron chi connectivity index (χ1n) is 7.69. The molecule has 1 aromatic heterocycles. The third-order valence-corrected chi connectivity index (χ3v) is 4.49. The molecule has 2 aliphatic heterocycles. The number of fused-ring (bicyclic) bond motifs is 1. The second kappa shape index (κ2) is 6.59. The van der Waals surface area contributed by atoms with E-state index in [-0.39, 0.29) is 12.2 Å². The second-order valence-electron chi connectivity index (χ2n) is 6.07. The van der Waals surface area contributed by atoms with Gasteiger partial charge in [0, 0.05) is 18.9 Å². The zero-order valence-electron chi connectivity index (χ0n) is 13.7. The van der Waals surface area contributed by atoms with Gasteiger partial charge in [-0.3, -0.25) is 14.3 Å². The number of ether oxygens (including phenoxy) is 3. The average molecular weight is 356 g/mol. The Morgan fingerprint density at radius 3 is 2.84 bits per heavy atom. The van der Waals surface area contributed by atoms with Crippen LogP contribution in [0.25, 0.3) is 0 Å². The minimum Gasteiger partial charge on any atom is -0.386 e. The van der Waals surface area contributed by atoms with E-state index in [0.717, 1.165) is 4.57 Å². The predicted octanol–water partition coefficient (Wildman–Crippen LogP) is -2.45. The topological polar surface area (TPSA) is 158 Å². The Kier molecular flexibility index (Phi) is 4.64. The molecule has 3 rings (SSSR count). The summed E-state index contributed by atoms with van der Waals surface area (Å²) < 4.78 is 17.8. The van der Waals surface area contributed by atoms with Gasteiger partial charge in [-0.15, -0.1) is 0 Å². The molecule has 0 bridgehead atoms. The van der Waals surface area contributed by atoms with Crippen LogP contribution in [-0.4, -0.2) is 64.9 Å². The number of methoxy groups -OCH3 is 1. The Morgan fingerprint density at radius 2 is 2.20 bits per heavy atom. The molecule has 0 aromatic carbocycles. The maximum Gasteiger partial charge on any atom is 0.330 e. The highest BCUT2D eigenvalue weighted by molar-refractivity contribution is 5.72. The molecule has 2 fully saturated rings. The van der Waals surface area contributed by atoms with Crippen molar-refractivity contribution in [3.8, 4) is 0 Å². The number of hydrogen-bond acceptors (Lipinski definition) is 7. The number of hydrogen-bond donors (Lipinski definition) is 4. The van der Waals surface area contributed by atoms with Crippen molar-refractivity contribution in [3.63, 3.8) is 0 Å². The van der Waals surface area contributed by atoms with Crippen molar-refractivity contribution >= 4 is 6.03 Å². The summed E-state index contributed by atoms with van der Waals surface area (Å²) in [5.41, 5.74) is 4.25. The molecule has 11 heteroatoms. The lowest BCUT2D eigenvalue weighted by atomic mass is 9.95. The highest BCUT2D eigenvalue weighted by Crippen LogP contribution is 2.36. The molecule has 3 heterocycles. The van der Waals surface area contributed by atoms with E-state index in [4.69, 9.17) is 19.9 Å². The molecule has 11 nitrogen and oxygen atoms in total. The standard InChI is InChI=1S/C14H20N4O7/c1-5-3-18(14(22)17-11(5)20)12-8(19)10-9(25-12)7(16-13(15)21)6(23-2)4-24-10/h3,6-10,12,19H,4H2,1-2H3,(H3,15,16,21)(H,17,20,22)/t6-,7-,8-,9-,10+,12-/m1/s1. The summed E-state index contributed by atoms with van der Waals surface area (Å²) in [5, 5.41) is 13.1. The van der Waals surface area contributed by atoms with Crippen LogP contribution in [0.4, 0.5) is 4.79 Å². The maximum absolute atomic E-state index is 12.1. The van der Waals surface area contributed by atoms with Gasteiger partial charge in [-0.2, -0.15) is 0 Å². The number of H-pyrrole nitrogens is 1. The number of amides is 2. The molecule has 2 aliphatic rings. The molecule has 0 radical (unpaired) electrons. The minimum absolute atomic E-state index is 0.106. The van der Waals surface area contributed by atoms with Crippen LogP contribution in [0.5, 0.6) is 0 Å². The maximum atomic E-state index is 12.1. The fourth-order valence-corrected chi connectivity index (χ4v) is 3.24. The third-order valence-electron chi connectivity index (χ3n) is 4.49. The Morgan fingerprint density at radius 1 is 1.48 bits per heavy atom. The van der Waals surface area contributed by atoms with Crippen LogP contribution in [0.15, 0.2) is 15.8 Å². The Balaban J connectivity index is 1.94. The van der Waals surface area contributed by atoms with Gasteiger partial charge in [-0.05, 0) is 6.92 Å². The zero-order chi connectivity index (χ0) is 18.3. The van der Waals surface area contributed by atoms with Crippen LogP contribution in [0, 0.1) is 6.92 Å². The van der Waals surface area contributed by atoms with Crippen LogP contribution >= 0.6 is 0 Å². The first-order chi connectivity index (χ1) is 11.8. The summed E-state index contributed by atoms with van der Waals surface area (Å²) in [6, 6.07) is -1.44. The summed E-state index contributed by atoms with van der Waals surface area (Å²) >= 11 is 0. The van der Waals surface area contributed by atoms with Crippen molar-refractivity contribution in [2.75, 3.05) is 13.7 Å². The molecule has 5 N–H and O–H groups in total. The van der Waals surface area contributed by atoms with Crippen LogP contribution in [0.3, 0.4) is 0 Å². The molecule has 0 saturated carbocycles. The number of primary amides is 1. The van der Waals surface area contributed by atoms with Gasteiger partial charge in [0.2, 0.25) is 0 Å². The van der Waals surface area contributed by atoms with Crippen molar-refractivity contribution in [3.05, 3.63) is 32.6 Å². The largest absolute Gasteiger partial charge is 0.386 e. The Hall–Kier alpha value is -2.21. The van der Waals surface area contributed by atoms with Crippen LogP contribution in [0.2, 0.25) is 0 Å². The number of aliphatic hydroxyl groups is 1. The van der Waals surface area contributed by atoms with Crippen LogP contribution in [0.1, 0.15) is 11.8 Å². The van der Waals surface area contributed by atoms with E-state index >= 15 is 0 Å². The number of nitrogens with zero attached hydrogens (tertiary/aromatic N) is 1. The van der Waals surface area contributed by atoms with Crippen LogP contribution < -0.4 is 22.3 Å². The number of carbonyl (C=O) groups excluding carboxylic acids is 1. The van der Waals surface area contributed by atoms with Gasteiger partial charge in [0.15, 0.2) is 6.23 Å². The molecule has 138 valence electrons. The molecule has 0 unspecified atom stereocenters. The van der Waals surface area contributed by atoms with Gasteiger partial charge in [-0.1, -0.05) is 0 Å². The number of aromatic amines is 1. The first kappa shape index (κ1) is 17.6. The van der Waals surface area contributed by atoms with Crippen LogP contribution in [-0.2, 0) is 14.2 Å². The van der Waals surface area contributed by atoms with Crippen molar-refractivity contribution in [2.24, 2.45) is 5.73 Å². The third kappa shape index (κ3) is 3.06. The first-order valence-corrected chi connectivity index (χ1v) is 7.69. The fourth-order valence-electron chi connectivity index (χ4n) is 3.24. The Bertz CT molecular complexity index is 775. The monoisotopic (exact) mass is 356 g/mol. The number of carbonyl (C=O) groups is 1. The van der Waals surface area contributed by atoms with Crippen molar-refractivity contribution < 1.29 is 24.1 Å².